The summed E-state index contributed by atoms with van der Waals surface area (Å²) in [4.78, 5) is 12.4. The Morgan fingerprint density at radius 2 is 2.00 bits per heavy atom. The van der Waals surface area contributed by atoms with Crippen molar-refractivity contribution in [2.45, 2.75) is 37.8 Å². The minimum absolute atomic E-state index is 0.0544. The van der Waals surface area contributed by atoms with Crippen LogP contribution in [0.25, 0.3) is 11.3 Å². The second-order valence-corrected chi connectivity index (χ2v) is 7.59. The van der Waals surface area contributed by atoms with Gasteiger partial charge in [-0.25, -0.2) is 0 Å². The SMILES string of the molecule is O=C(NC[C@@H]1CCCO1)c1ccc(-c2ccn(C[C@H]3COCCO3)n2)c(C(F)(F)F)c1. The molecule has 0 unspecified atom stereocenters. The Kier molecular flexibility index (Phi) is 6.59. The van der Waals surface area contributed by atoms with E-state index in [2.05, 4.69) is 10.4 Å². The molecular weight excluding hydrogens is 415 g/mol. The van der Waals surface area contributed by atoms with E-state index < -0.39 is 17.6 Å². The Labute approximate surface area is 177 Å². The van der Waals surface area contributed by atoms with Crippen molar-refractivity contribution >= 4 is 5.91 Å². The lowest BCUT2D eigenvalue weighted by atomic mass is 10.0. The van der Waals surface area contributed by atoms with Crippen LogP contribution in [0.1, 0.15) is 28.8 Å². The minimum atomic E-state index is -4.63. The predicted molar refractivity (Wildman–Crippen MR) is 105 cm³/mol. The second kappa shape index (κ2) is 9.37. The van der Waals surface area contributed by atoms with E-state index in [1.165, 1.54) is 22.9 Å². The van der Waals surface area contributed by atoms with Crippen LogP contribution >= 0.6 is 0 Å². The average molecular weight is 439 g/mol. The van der Waals surface area contributed by atoms with Gasteiger partial charge in [-0.15, -0.1) is 0 Å². The van der Waals surface area contributed by atoms with Crippen molar-refractivity contribution in [1.82, 2.24) is 15.1 Å². The van der Waals surface area contributed by atoms with Crippen LogP contribution in [-0.4, -0.2) is 60.9 Å². The van der Waals surface area contributed by atoms with Crippen molar-refractivity contribution in [3.05, 3.63) is 41.6 Å². The van der Waals surface area contributed by atoms with Gasteiger partial charge in [0.05, 0.1) is 43.7 Å². The van der Waals surface area contributed by atoms with Crippen LogP contribution in [0.3, 0.4) is 0 Å². The summed E-state index contributed by atoms with van der Waals surface area (Å²) in [6.45, 7) is 2.72. The van der Waals surface area contributed by atoms with Gasteiger partial charge in [0.25, 0.3) is 5.91 Å². The number of halogens is 3. The molecule has 2 aliphatic heterocycles. The lowest BCUT2D eigenvalue weighted by Crippen LogP contribution is -2.32. The summed E-state index contributed by atoms with van der Waals surface area (Å²) >= 11 is 0. The number of amides is 1. The Bertz CT molecular complexity index is 904. The first-order chi connectivity index (χ1) is 14.9. The lowest BCUT2D eigenvalue weighted by Gasteiger charge is -2.22. The van der Waals surface area contributed by atoms with Gasteiger partial charge in [0.2, 0.25) is 0 Å². The highest BCUT2D eigenvalue weighted by Gasteiger charge is 2.35. The van der Waals surface area contributed by atoms with Crippen LogP contribution < -0.4 is 5.32 Å². The third-order valence-electron chi connectivity index (χ3n) is 5.29. The number of aromatic nitrogens is 2. The molecule has 2 aromatic rings. The molecule has 2 saturated heterocycles. The number of rotatable bonds is 6. The molecule has 0 radical (unpaired) electrons. The summed E-state index contributed by atoms with van der Waals surface area (Å²) < 4.78 is 59.2. The van der Waals surface area contributed by atoms with Gasteiger partial charge in [-0.2, -0.15) is 18.3 Å². The molecule has 0 saturated carbocycles. The molecule has 10 heteroatoms. The van der Waals surface area contributed by atoms with E-state index in [0.717, 1.165) is 18.9 Å². The first-order valence-corrected chi connectivity index (χ1v) is 10.2. The first kappa shape index (κ1) is 21.8. The number of ether oxygens (including phenoxy) is 3. The number of alkyl halides is 3. The van der Waals surface area contributed by atoms with E-state index in [-0.39, 0.29) is 35.6 Å². The monoisotopic (exact) mass is 439 g/mol. The highest BCUT2D eigenvalue weighted by molar-refractivity contribution is 5.95. The fourth-order valence-corrected chi connectivity index (χ4v) is 3.71. The molecule has 7 nitrogen and oxygen atoms in total. The Morgan fingerprint density at radius 1 is 1.16 bits per heavy atom. The maximum Gasteiger partial charge on any atom is 0.417 e. The van der Waals surface area contributed by atoms with E-state index in [4.69, 9.17) is 14.2 Å². The van der Waals surface area contributed by atoms with Gasteiger partial charge in [-0.3, -0.25) is 9.48 Å². The van der Waals surface area contributed by atoms with Crippen LogP contribution in [0, 0.1) is 0 Å². The number of hydrogen-bond donors (Lipinski definition) is 1. The normalized spacial score (nSPS) is 21.9. The predicted octanol–water partition coefficient (Wildman–Crippen LogP) is 2.89. The highest BCUT2D eigenvalue weighted by atomic mass is 19.4. The maximum absolute atomic E-state index is 13.8. The van der Waals surface area contributed by atoms with Crippen LogP contribution in [0.4, 0.5) is 13.2 Å². The molecule has 0 spiro atoms. The standard InChI is InChI=1S/C21H24F3N3O4/c22-21(23,24)18-10-14(20(28)25-11-15-2-1-7-30-15)3-4-17(18)19-5-6-27(26-19)12-16-13-29-8-9-31-16/h3-6,10,15-16H,1-2,7-9,11-13H2,(H,25,28)/t15-,16-/m0/s1. The van der Waals surface area contributed by atoms with Gasteiger partial charge in [0, 0.05) is 30.5 Å². The molecule has 168 valence electrons. The quantitative estimate of drug-likeness (QED) is 0.749. The fraction of sp³-hybridized carbons (Fsp3) is 0.524. The third kappa shape index (κ3) is 5.44. The minimum Gasteiger partial charge on any atom is -0.376 e. The van der Waals surface area contributed by atoms with E-state index in [9.17, 15) is 18.0 Å². The zero-order chi connectivity index (χ0) is 21.8. The van der Waals surface area contributed by atoms with Crippen LogP contribution in [0.15, 0.2) is 30.5 Å². The number of benzene rings is 1. The molecule has 2 fully saturated rings. The van der Waals surface area contributed by atoms with E-state index in [0.29, 0.717) is 33.0 Å². The molecular formula is C21H24F3N3O4. The topological polar surface area (TPSA) is 74.6 Å². The molecule has 1 amide bonds. The first-order valence-electron chi connectivity index (χ1n) is 10.2. The van der Waals surface area contributed by atoms with Crippen LogP contribution in [-0.2, 0) is 26.9 Å². The van der Waals surface area contributed by atoms with Crippen molar-refractivity contribution in [3.63, 3.8) is 0 Å². The number of carbonyl (C=O) groups is 1. The molecule has 1 aromatic heterocycles. The molecule has 31 heavy (non-hydrogen) atoms. The smallest absolute Gasteiger partial charge is 0.376 e. The summed E-state index contributed by atoms with van der Waals surface area (Å²) in [5, 5.41) is 6.93. The van der Waals surface area contributed by atoms with Crippen molar-refractivity contribution in [2.24, 2.45) is 0 Å². The van der Waals surface area contributed by atoms with E-state index >= 15 is 0 Å². The van der Waals surface area contributed by atoms with Crippen molar-refractivity contribution in [2.75, 3.05) is 33.0 Å². The molecule has 3 heterocycles. The summed E-state index contributed by atoms with van der Waals surface area (Å²) in [5.74, 6) is -0.562. The van der Waals surface area contributed by atoms with E-state index in [1.54, 1.807) is 6.20 Å². The maximum atomic E-state index is 13.8. The zero-order valence-electron chi connectivity index (χ0n) is 16.9. The second-order valence-electron chi connectivity index (χ2n) is 7.59. The van der Waals surface area contributed by atoms with Gasteiger partial charge in [0.1, 0.15) is 6.10 Å². The van der Waals surface area contributed by atoms with Crippen LogP contribution in [0.2, 0.25) is 0 Å². The summed E-state index contributed by atoms with van der Waals surface area (Å²) in [5.41, 5.74) is -0.862. The van der Waals surface area contributed by atoms with Crippen molar-refractivity contribution < 1.29 is 32.2 Å². The molecule has 0 bridgehead atoms. The molecule has 1 N–H and O–H groups in total. The Hall–Kier alpha value is -2.43. The van der Waals surface area contributed by atoms with Gasteiger partial charge in [0.15, 0.2) is 0 Å². The summed E-state index contributed by atoms with van der Waals surface area (Å²) in [6, 6.07) is 5.06. The highest BCUT2D eigenvalue weighted by Crippen LogP contribution is 2.37. The zero-order valence-corrected chi connectivity index (χ0v) is 16.9. The van der Waals surface area contributed by atoms with Gasteiger partial charge in [-0.1, -0.05) is 6.07 Å². The molecule has 2 aliphatic rings. The number of nitrogens with zero attached hydrogens (tertiary/aromatic N) is 2. The average Bonchev–Trinajstić information content (AvgIpc) is 3.44. The summed E-state index contributed by atoms with van der Waals surface area (Å²) in [7, 11) is 0. The molecule has 1 aromatic carbocycles. The Balaban J connectivity index is 1.51. The molecule has 2 atom stereocenters. The molecule has 0 aliphatic carbocycles. The van der Waals surface area contributed by atoms with Gasteiger partial charge in [-0.05, 0) is 31.0 Å². The Morgan fingerprint density at radius 3 is 2.71 bits per heavy atom. The van der Waals surface area contributed by atoms with Crippen molar-refractivity contribution in [3.8, 4) is 11.3 Å². The summed E-state index contributed by atoms with van der Waals surface area (Å²) in [6.07, 6.45) is -1.57. The number of carbonyl (C=O) groups excluding carboxylic acids is 1. The van der Waals surface area contributed by atoms with Crippen molar-refractivity contribution in [1.29, 1.82) is 0 Å². The van der Waals surface area contributed by atoms with E-state index in [1.807, 2.05) is 0 Å². The van der Waals surface area contributed by atoms with Gasteiger partial charge >= 0.3 is 6.18 Å². The number of hydrogen-bond acceptors (Lipinski definition) is 5. The third-order valence-corrected chi connectivity index (χ3v) is 5.29. The number of nitrogens with one attached hydrogen (secondary N) is 1. The lowest BCUT2D eigenvalue weighted by molar-refractivity contribution is -0.137. The largest absolute Gasteiger partial charge is 0.417 e. The fourth-order valence-electron chi connectivity index (χ4n) is 3.71. The van der Waals surface area contributed by atoms with Gasteiger partial charge < -0.3 is 19.5 Å². The molecule has 4 rings (SSSR count). The van der Waals surface area contributed by atoms with Crippen LogP contribution in [0.5, 0.6) is 0 Å².